The van der Waals surface area contributed by atoms with Crippen LogP contribution in [0.1, 0.15) is 41.0 Å². The van der Waals surface area contributed by atoms with E-state index in [4.69, 9.17) is 4.74 Å². The third-order valence-electron chi connectivity index (χ3n) is 3.38. The van der Waals surface area contributed by atoms with Crippen molar-refractivity contribution in [1.82, 2.24) is 10.0 Å². The van der Waals surface area contributed by atoms with Crippen LogP contribution in [-0.4, -0.2) is 58.3 Å². The van der Waals surface area contributed by atoms with Crippen LogP contribution in [0.5, 0.6) is 0 Å². The van der Waals surface area contributed by atoms with Gasteiger partial charge in [-0.25, -0.2) is 14.8 Å². The summed E-state index contributed by atoms with van der Waals surface area (Å²) in [5, 5.41) is 12.5. The van der Waals surface area contributed by atoms with Crippen molar-refractivity contribution in [3.05, 3.63) is 0 Å². The molecule has 20 heavy (non-hydrogen) atoms. The second-order valence-electron chi connectivity index (χ2n) is 6.36. The van der Waals surface area contributed by atoms with Gasteiger partial charge in [0.05, 0.1) is 6.10 Å². The highest BCUT2D eigenvalue weighted by Crippen LogP contribution is 2.23. The van der Waals surface area contributed by atoms with Gasteiger partial charge in [0.25, 0.3) is 0 Å². The molecule has 1 N–H and O–H groups in total. The van der Waals surface area contributed by atoms with Crippen molar-refractivity contribution < 1.29 is 19.4 Å². The first kappa shape index (κ1) is 16.9. The number of hydrazine groups is 1. The van der Waals surface area contributed by atoms with E-state index in [1.165, 1.54) is 5.01 Å². The molecule has 1 heterocycles. The van der Waals surface area contributed by atoms with Gasteiger partial charge in [0, 0.05) is 13.1 Å². The summed E-state index contributed by atoms with van der Waals surface area (Å²) in [6, 6.07) is -0.567. The molecule has 1 fully saturated rings. The maximum Gasteiger partial charge on any atom is 0.425 e. The highest BCUT2D eigenvalue weighted by Gasteiger charge is 2.40. The number of rotatable bonds is 5. The summed E-state index contributed by atoms with van der Waals surface area (Å²) in [5.41, 5.74) is -0.623. The van der Waals surface area contributed by atoms with E-state index in [1.54, 1.807) is 25.8 Å². The van der Waals surface area contributed by atoms with E-state index in [-0.39, 0.29) is 5.92 Å². The second-order valence-corrected chi connectivity index (χ2v) is 6.36. The van der Waals surface area contributed by atoms with Crippen LogP contribution < -0.4 is 0 Å². The van der Waals surface area contributed by atoms with Crippen molar-refractivity contribution in [1.29, 1.82) is 0 Å². The van der Waals surface area contributed by atoms with Crippen LogP contribution in [0.3, 0.4) is 0 Å². The minimum atomic E-state index is -0.623. The average molecular weight is 286 g/mol. The number of carbonyl (C=O) groups excluding carboxylic acids is 2. The van der Waals surface area contributed by atoms with Crippen LogP contribution in [-0.2, 0) is 9.53 Å². The third kappa shape index (κ3) is 4.18. The standard InChI is InChI=1S/C14H26N2O4/c1-6-10(2)12(9-17)16(15-7-11(18)8-15)13(19)20-14(3,4)5/h9-12,18H,6-8H2,1-5H3/t10-,12+/m0/s1. The molecule has 0 saturated carbocycles. The summed E-state index contributed by atoms with van der Waals surface area (Å²) in [6.07, 6.45) is 0.563. The molecule has 0 spiro atoms. The Balaban J connectivity index is 2.89. The Labute approximate surface area is 120 Å². The van der Waals surface area contributed by atoms with E-state index in [0.29, 0.717) is 13.1 Å². The zero-order valence-corrected chi connectivity index (χ0v) is 13.0. The SMILES string of the molecule is CC[C@H](C)[C@@H](C=O)N(C(=O)OC(C)(C)C)N1CC(O)C1. The smallest absolute Gasteiger partial charge is 0.425 e. The van der Waals surface area contributed by atoms with Gasteiger partial charge in [0.1, 0.15) is 17.9 Å². The van der Waals surface area contributed by atoms with Gasteiger partial charge < -0.3 is 14.6 Å². The molecule has 0 unspecified atom stereocenters. The lowest BCUT2D eigenvalue weighted by molar-refractivity contribution is -0.159. The fraction of sp³-hybridized carbons (Fsp3) is 0.857. The number of hydrogen-bond donors (Lipinski definition) is 1. The van der Waals surface area contributed by atoms with Crippen LogP contribution >= 0.6 is 0 Å². The molecule has 6 heteroatoms. The Morgan fingerprint density at radius 2 is 2.05 bits per heavy atom. The van der Waals surface area contributed by atoms with Crippen LogP contribution in [0.4, 0.5) is 4.79 Å². The first-order chi connectivity index (χ1) is 9.19. The fourth-order valence-corrected chi connectivity index (χ4v) is 2.02. The normalized spacial score (nSPS) is 19.9. The molecule has 1 saturated heterocycles. The molecule has 1 aliphatic rings. The Hall–Kier alpha value is -1.14. The fourth-order valence-electron chi connectivity index (χ4n) is 2.02. The van der Waals surface area contributed by atoms with Crippen molar-refractivity contribution in [2.24, 2.45) is 5.92 Å². The predicted molar refractivity (Wildman–Crippen MR) is 75.0 cm³/mol. The minimum Gasteiger partial charge on any atom is -0.443 e. The third-order valence-corrected chi connectivity index (χ3v) is 3.38. The quantitative estimate of drug-likeness (QED) is 0.774. The maximum atomic E-state index is 12.3. The summed E-state index contributed by atoms with van der Waals surface area (Å²) in [7, 11) is 0. The van der Waals surface area contributed by atoms with Crippen LogP contribution in [0.15, 0.2) is 0 Å². The molecular weight excluding hydrogens is 260 g/mol. The molecule has 0 bridgehead atoms. The molecule has 0 aromatic carbocycles. The Morgan fingerprint density at radius 3 is 2.40 bits per heavy atom. The van der Waals surface area contributed by atoms with Gasteiger partial charge in [-0.15, -0.1) is 0 Å². The molecule has 6 nitrogen and oxygen atoms in total. The first-order valence-electron chi connectivity index (χ1n) is 7.10. The number of aliphatic hydroxyl groups excluding tert-OH is 1. The van der Waals surface area contributed by atoms with E-state index in [0.717, 1.165) is 12.7 Å². The lowest BCUT2D eigenvalue weighted by Gasteiger charge is -2.46. The van der Waals surface area contributed by atoms with Crippen LogP contribution in [0.2, 0.25) is 0 Å². The zero-order valence-electron chi connectivity index (χ0n) is 13.0. The monoisotopic (exact) mass is 286 g/mol. The van der Waals surface area contributed by atoms with E-state index >= 15 is 0 Å². The van der Waals surface area contributed by atoms with Gasteiger partial charge in [-0.2, -0.15) is 0 Å². The molecule has 0 radical (unpaired) electrons. The average Bonchev–Trinajstić information content (AvgIpc) is 2.29. The summed E-state index contributed by atoms with van der Waals surface area (Å²) < 4.78 is 5.37. The number of carbonyl (C=O) groups is 2. The number of amides is 1. The van der Waals surface area contributed by atoms with E-state index < -0.39 is 23.8 Å². The van der Waals surface area contributed by atoms with Crippen molar-refractivity contribution in [3.8, 4) is 0 Å². The molecule has 2 atom stereocenters. The lowest BCUT2D eigenvalue weighted by Crippen LogP contribution is -2.65. The van der Waals surface area contributed by atoms with Gasteiger partial charge in [-0.3, -0.25) is 0 Å². The van der Waals surface area contributed by atoms with Crippen molar-refractivity contribution in [3.63, 3.8) is 0 Å². The van der Waals surface area contributed by atoms with E-state index in [9.17, 15) is 14.7 Å². The summed E-state index contributed by atoms with van der Waals surface area (Å²) in [5.74, 6) is 0.0257. The minimum absolute atomic E-state index is 0.0257. The van der Waals surface area contributed by atoms with E-state index in [2.05, 4.69) is 0 Å². The highest BCUT2D eigenvalue weighted by atomic mass is 16.6. The molecular formula is C14H26N2O4. The van der Waals surface area contributed by atoms with Crippen molar-refractivity contribution >= 4 is 12.4 Å². The van der Waals surface area contributed by atoms with Gasteiger partial charge >= 0.3 is 6.09 Å². The van der Waals surface area contributed by atoms with Crippen molar-refractivity contribution in [2.45, 2.75) is 58.8 Å². The highest BCUT2D eigenvalue weighted by molar-refractivity contribution is 5.73. The maximum absolute atomic E-state index is 12.3. The summed E-state index contributed by atoms with van der Waals surface area (Å²) in [6.45, 7) is 9.94. The second kappa shape index (κ2) is 6.54. The van der Waals surface area contributed by atoms with Gasteiger partial charge in [-0.1, -0.05) is 20.3 Å². The van der Waals surface area contributed by atoms with Crippen LogP contribution in [0.25, 0.3) is 0 Å². The topological polar surface area (TPSA) is 70.1 Å². The Bertz CT molecular complexity index is 348. The zero-order chi connectivity index (χ0) is 15.5. The molecule has 116 valence electrons. The van der Waals surface area contributed by atoms with Gasteiger partial charge in [0.2, 0.25) is 0 Å². The number of aliphatic hydroxyl groups is 1. The van der Waals surface area contributed by atoms with Crippen molar-refractivity contribution in [2.75, 3.05) is 13.1 Å². The molecule has 0 aliphatic carbocycles. The number of β-amino-alcohol motifs (C(OH)–C–C–N with tert-alkyl or cyclic N) is 1. The van der Waals surface area contributed by atoms with Gasteiger partial charge in [0.15, 0.2) is 0 Å². The number of aldehydes is 1. The molecule has 0 aromatic heterocycles. The Morgan fingerprint density at radius 1 is 1.50 bits per heavy atom. The summed E-state index contributed by atoms with van der Waals surface area (Å²) in [4.78, 5) is 23.7. The molecule has 1 rings (SSSR count). The largest absolute Gasteiger partial charge is 0.443 e. The number of nitrogens with zero attached hydrogens (tertiary/aromatic N) is 2. The number of ether oxygens (including phenoxy) is 1. The predicted octanol–water partition coefficient (Wildman–Crippen LogP) is 1.43. The van der Waals surface area contributed by atoms with E-state index in [1.807, 2.05) is 13.8 Å². The van der Waals surface area contributed by atoms with Crippen LogP contribution in [0, 0.1) is 5.92 Å². The first-order valence-corrected chi connectivity index (χ1v) is 7.10. The number of hydrogen-bond acceptors (Lipinski definition) is 5. The lowest BCUT2D eigenvalue weighted by atomic mass is 9.99. The molecule has 1 amide bonds. The van der Waals surface area contributed by atoms with Gasteiger partial charge in [-0.05, 0) is 26.7 Å². The molecule has 1 aliphatic heterocycles. The summed E-state index contributed by atoms with van der Waals surface area (Å²) >= 11 is 0. The molecule has 0 aromatic rings. The Kier molecular flexibility index (Phi) is 5.53.